The Hall–Kier alpha value is -0.560. The Morgan fingerprint density at radius 1 is 1.22 bits per heavy atom. The van der Waals surface area contributed by atoms with E-state index in [0.29, 0.717) is 6.04 Å². The van der Waals surface area contributed by atoms with Gasteiger partial charge in [0, 0.05) is 18.0 Å². The maximum absolute atomic E-state index is 5.81. The van der Waals surface area contributed by atoms with Crippen LogP contribution in [0.3, 0.4) is 0 Å². The summed E-state index contributed by atoms with van der Waals surface area (Å²) in [6, 6.07) is 0.306. The zero-order valence-corrected chi connectivity index (χ0v) is 12.6. The summed E-state index contributed by atoms with van der Waals surface area (Å²) in [7, 11) is 0. The summed E-state index contributed by atoms with van der Waals surface area (Å²) in [6.45, 7) is 11.1. The van der Waals surface area contributed by atoms with Gasteiger partial charge in [-0.25, -0.2) is 0 Å². The Morgan fingerprint density at radius 2 is 1.78 bits per heavy atom. The van der Waals surface area contributed by atoms with Gasteiger partial charge in [0.1, 0.15) is 0 Å². The highest BCUT2D eigenvalue weighted by Crippen LogP contribution is 2.30. The molecule has 0 amide bonds. The fourth-order valence-electron chi connectivity index (χ4n) is 3.18. The number of unbranched alkanes of at least 4 members (excludes halogenated alkanes) is 1. The zero-order chi connectivity index (χ0) is 14.0. The molecule has 1 atom stereocenters. The van der Waals surface area contributed by atoms with Crippen LogP contribution in [0.25, 0.3) is 0 Å². The van der Waals surface area contributed by atoms with Crippen molar-refractivity contribution < 1.29 is 0 Å². The van der Waals surface area contributed by atoms with E-state index in [9.17, 15) is 0 Å². The smallest absolute Gasteiger partial charge is 0.0394 e. The van der Waals surface area contributed by atoms with E-state index in [0.717, 1.165) is 45.2 Å². The van der Waals surface area contributed by atoms with Gasteiger partial charge >= 0.3 is 0 Å². The lowest BCUT2D eigenvalue weighted by Crippen LogP contribution is -2.62. The first-order valence-corrected chi connectivity index (χ1v) is 7.31. The summed E-state index contributed by atoms with van der Waals surface area (Å²) in [5.41, 5.74) is 3.19. The Bertz CT molecular complexity index is 237. The third-order valence-electron chi connectivity index (χ3n) is 4.28. The Kier molecular flexibility index (Phi) is 9.09. The van der Waals surface area contributed by atoms with Crippen LogP contribution in [0.2, 0.25) is 0 Å². The van der Waals surface area contributed by atoms with E-state index in [1.165, 1.54) is 0 Å². The average molecular weight is 253 g/mol. The van der Waals surface area contributed by atoms with Crippen molar-refractivity contribution in [2.75, 3.05) is 13.1 Å². The van der Waals surface area contributed by atoms with E-state index in [1.54, 1.807) is 0 Å². The lowest BCUT2D eigenvalue weighted by atomic mass is 9.80. The van der Waals surface area contributed by atoms with Gasteiger partial charge in [0.05, 0.1) is 0 Å². The maximum Gasteiger partial charge on any atom is 0.0394 e. The molecule has 0 aromatic rings. The Morgan fingerprint density at radius 3 is 2.11 bits per heavy atom. The molecule has 0 rings (SSSR count). The van der Waals surface area contributed by atoms with Crippen molar-refractivity contribution in [1.82, 2.24) is 10.3 Å². The van der Waals surface area contributed by atoms with Crippen LogP contribution in [-0.2, 0) is 0 Å². The molecule has 3 N–H and O–H groups in total. The van der Waals surface area contributed by atoms with Gasteiger partial charge in [-0.15, -0.1) is 12.3 Å². The fraction of sp³-hybridized carbons (Fsp3) is 0.867. The highest BCUT2D eigenvalue weighted by molar-refractivity contribution is 4.98. The van der Waals surface area contributed by atoms with Gasteiger partial charge in [0.25, 0.3) is 0 Å². The first-order chi connectivity index (χ1) is 8.66. The first-order valence-electron chi connectivity index (χ1n) is 7.31. The molecule has 0 bridgehead atoms. The van der Waals surface area contributed by atoms with Crippen LogP contribution in [0.4, 0.5) is 0 Å². The molecule has 0 spiro atoms. The lowest BCUT2D eigenvalue weighted by molar-refractivity contribution is 0.0455. The summed E-state index contributed by atoms with van der Waals surface area (Å²) in [6.07, 6.45) is 10.5. The standard InChI is InChI=1S/C15H31N3/c1-6-11-12-13-14(17-16)15(7-2,8-3)18(9-4)10-5/h1,14,17H,7-13,16H2,2-5H3. The normalized spacial score (nSPS) is 13.6. The molecule has 3 nitrogen and oxygen atoms in total. The number of hydrogen-bond donors (Lipinski definition) is 2. The van der Waals surface area contributed by atoms with Gasteiger partial charge in [-0.2, -0.15) is 0 Å². The first kappa shape index (κ1) is 17.4. The van der Waals surface area contributed by atoms with Crippen LogP contribution < -0.4 is 11.3 Å². The van der Waals surface area contributed by atoms with Crippen molar-refractivity contribution in [2.45, 2.75) is 71.4 Å². The van der Waals surface area contributed by atoms with Crippen LogP contribution in [0.15, 0.2) is 0 Å². The molecule has 0 aromatic carbocycles. The summed E-state index contributed by atoms with van der Waals surface area (Å²) in [5.74, 6) is 8.52. The van der Waals surface area contributed by atoms with E-state index >= 15 is 0 Å². The van der Waals surface area contributed by atoms with Crippen molar-refractivity contribution in [2.24, 2.45) is 5.84 Å². The molecule has 0 heterocycles. The molecule has 106 valence electrons. The topological polar surface area (TPSA) is 41.3 Å². The van der Waals surface area contributed by atoms with Crippen LogP contribution in [0.5, 0.6) is 0 Å². The number of rotatable bonds is 10. The minimum atomic E-state index is 0.146. The highest BCUT2D eigenvalue weighted by atomic mass is 15.3. The maximum atomic E-state index is 5.81. The molecular formula is C15H31N3. The second-order valence-electron chi connectivity index (χ2n) is 4.80. The molecule has 0 fully saturated rings. The minimum absolute atomic E-state index is 0.146. The van der Waals surface area contributed by atoms with Gasteiger partial charge < -0.3 is 0 Å². The molecule has 0 aliphatic heterocycles. The van der Waals surface area contributed by atoms with Crippen molar-refractivity contribution in [3.05, 3.63) is 0 Å². The van der Waals surface area contributed by atoms with Gasteiger partial charge in [-0.3, -0.25) is 16.2 Å². The number of nitrogens with zero attached hydrogens (tertiary/aromatic N) is 1. The molecule has 0 saturated carbocycles. The van der Waals surface area contributed by atoms with Crippen LogP contribution in [-0.4, -0.2) is 29.6 Å². The van der Waals surface area contributed by atoms with Crippen molar-refractivity contribution in [3.8, 4) is 12.3 Å². The molecule has 18 heavy (non-hydrogen) atoms. The number of hydrogen-bond acceptors (Lipinski definition) is 3. The fourth-order valence-corrected chi connectivity index (χ4v) is 3.18. The van der Waals surface area contributed by atoms with Crippen molar-refractivity contribution in [3.63, 3.8) is 0 Å². The van der Waals surface area contributed by atoms with Crippen molar-refractivity contribution >= 4 is 0 Å². The number of hydrazine groups is 1. The molecule has 3 heteroatoms. The van der Waals surface area contributed by atoms with Gasteiger partial charge in [0.15, 0.2) is 0 Å². The Balaban J connectivity index is 4.95. The number of nitrogens with one attached hydrogen (secondary N) is 1. The van der Waals surface area contributed by atoms with E-state index in [1.807, 2.05) is 0 Å². The van der Waals surface area contributed by atoms with Gasteiger partial charge in [-0.1, -0.05) is 27.7 Å². The monoisotopic (exact) mass is 253 g/mol. The largest absolute Gasteiger partial charge is 0.297 e. The predicted molar refractivity (Wildman–Crippen MR) is 80.0 cm³/mol. The second kappa shape index (κ2) is 9.38. The summed E-state index contributed by atoms with van der Waals surface area (Å²) in [4.78, 5) is 2.54. The molecular weight excluding hydrogens is 222 g/mol. The molecule has 0 radical (unpaired) electrons. The molecule has 0 saturated heterocycles. The highest BCUT2D eigenvalue weighted by Gasteiger charge is 2.38. The van der Waals surface area contributed by atoms with Crippen molar-refractivity contribution in [1.29, 1.82) is 0 Å². The molecule has 0 aromatic heterocycles. The Labute approximate surface area is 113 Å². The van der Waals surface area contributed by atoms with Gasteiger partial charge in [0.2, 0.25) is 0 Å². The van der Waals surface area contributed by atoms with Crippen LogP contribution in [0.1, 0.15) is 59.8 Å². The molecule has 0 aliphatic carbocycles. The zero-order valence-electron chi connectivity index (χ0n) is 12.6. The SMILES string of the molecule is C#CCCCC(NN)C(CC)(CC)N(CC)CC. The van der Waals surface area contributed by atoms with Crippen LogP contribution in [0, 0.1) is 12.3 Å². The third-order valence-corrected chi connectivity index (χ3v) is 4.28. The minimum Gasteiger partial charge on any atom is -0.297 e. The second-order valence-corrected chi connectivity index (χ2v) is 4.80. The lowest BCUT2D eigenvalue weighted by Gasteiger charge is -2.47. The van der Waals surface area contributed by atoms with Gasteiger partial charge in [-0.05, 0) is 38.8 Å². The van der Waals surface area contributed by atoms with Crippen LogP contribution >= 0.6 is 0 Å². The number of terminal acetylenes is 1. The van der Waals surface area contributed by atoms with E-state index in [2.05, 4.69) is 43.9 Å². The average Bonchev–Trinajstić information content (AvgIpc) is 2.42. The number of likely N-dealkylation sites (N-methyl/N-ethyl adjacent to an activating group) is 1. The summed E-state index contributed by atoms with van der Waals surface area (Å²) >= 11 is 0. The van der Waals surface area contributed by atoms with E-state index in [4.69, 9.17) is 12.3 Å². The predicted octanol–water partition coefficient (Wildman–Crippen LogP) is 2.52. The summed E-state index contributed by atoms with van der Waals surface area (Å²) < 4.78 is 0. The third kappa shape index (κ3) is 3.98. The molecule has 0 aliphatic rings. The van der Waals surface area contributed by atoms with E-state index < -0.39 is 0 Å². The molecule has 1 unspecified atom stereocenters. The van der Waals surface area contributed by atoms with E-state index in [-0.39, 0.29) is 5.54 Å². The number of nitrogens with two attached hydrogens (primary N) is 1. The quantitative estimate of drug-likeness (QED) is 0.272. The summed E-state index contributed by atoms with van der Waals surface area (Å²) in [5, 5.41) is 0.